The third kappa shape index (κ3) is 7.01. The van der Waals surface area contributed by atoms with E-state index in [0.29, 0.717) is 50.9 Å². The second-order valence-electron chi connectivity index (χ2n) is 11.2. The molecule has 11 nitrogen and oxygen atoms in total. The second-order valence-corrected chi connectivity index (χ2v) is 11.2. The molecule has 2 aromatic rings. The molecule has 2 heterocycles. The van der Waals surface area contributed by atoms with Gasteiger partial charge in [-0.3, -0.25) is 15.0 Å². The van der Waals surface area contributed by atoms with Crippen molar-refractivity contribution in [3.05, 3.63) is 36.4 Å². The molecule has 0 bridgehead atoms. The smallest absolute Gasteiger partial charge is 0.256 e. The van der Waals surface area contributed by atoms with Crippen LogP contribution in [0.3, 0.4) is 0 Å². The van der Waals surface area contributed by atoms with Gasteiger partial charge in [-0.2, -0.15) is 0 Å². The van der Waals surface area contributed by atoms with Crippen LogP contribution in [-0.2, 0) is 19.2 Å². The van der Waals surface area contributed by atoms with Crippen LogP contribution in [0, 0.1) is 5.41 Å². The van der Waals surface area contributed by atoms with Crippen molar-refractivity contribution in [1.82, 2.24) is 20.1 Å². The molecule has 1 aromatic carbocycles. The van der Waals surface area contributed by atoms with Gasteiger partial charge in [0.15, 0.2) is 17.8 Å². The van der Waals surface area contributed by atoms with Crippen molar-refractivity contribution in [3.63, 3.8) is 0 Å². The van der Waals surface area contributed by atoms with E-state index < -0.39 is 23.5 Å². The standard InChI is InChI=1S/C30H41N7O4/c1-30(20-39,35-26-16-15-21-9-5-6-13-24(21)34-26)28(41)36-18-8-14-25(36)27(40)37(22-10-3-2-4-11-22)23(19-38)12-7-17-33-29(31)32/h5-6,9,13,15-16,19-20,22-23,25H,2-4,7-8,10-12,14,17-18H2,1H3,(H,34,35)(H4,31,32,33)/t23-,25-,30+/m0/s1. The van der Waals surface area contributed by atoms with Crippen LogP contribution in [0.15, 0.2) is 36.4 Å². The highest BCUT2D eigenvalue weighted by molar-refractivity contribution is 6.05. The summed E-state index contributed by atoms with van der Waals surface area (Å²) < 4.78 is 0. The summed E-state index contributed by atoms with van der Waals surface area (Å²) in [5.41, 5.74) is 4.48. The summed E-state index contributed by atoms with van der Waals surface area (Å²) in [5, 5.41) is 14.0. The van der Waals surface area contributed by atoms with Gasteiger partial charge >= 0.3 is 0 Å². The number of aldehydes is 2. The zero-order valence-corrected chi connectivity index (χ0v) is 23.7. The van der Waals surface area contributed by atoms with Gasteiger partial charge in [0.2, 0.25) is 5.91 Å². The normalized spacial score (nSPS) is 19.6. The van der Waals surface area contributed by atoms with Crippen molar-refractivity contribution in [2.24, 2.45) is 5.73 Å². The predicted molar refractivity (Wildman–Crippen MR) is 157 cm³/mol. The largest absolute Gasteiger partial charge is 0.370 e. The zero-order chi connectivity index (χ0) is 29.4. The molecule has 4 rings (SSSR count). The summed E-state index contributed by atoms with van der Waals surface area (Å²) in [5.74, 6) is -0.483. The van der Waals surface area contributed by atoms with Crippen LogP contribution in [0.4, 0.5) is 5.82 Å². The number of carbonyl (C=O) groups is 4. The number of anilines is 1. The molecule has 41 heavy (non-hydrogen) atoms. The van der Waals surface area contributed by atoms with Crippen LogP contribution in [-0.4, -0.2) is 81.9 Å². The maximum Gasteiger partial charge on any atom is 0.256 e. The molecular weight excluding hydrogens is 522 g/mol. The molecule has 1 aromatic heterocycles. The minimum atomic E-state index is -1.63. The zero-order valence-electron chi connectivity index (χ0n) is 23.7. The summed E-state index contributed by atoms with van der Waals surface area (Å²) >= 11 is 0. The fourth-order valence-electron chi connectivity index (χ4n) is 6.05. The molecule has 0 spiro atoms. The van der Waals surface area contributed by atoms with E-state index in [2.05, 4.69) is 15.6 Å². The first kappa shape index (κ1) is 30.0. The number of aromatic nitrogens is 1. The molecule has 1 saturated heterocycles. The first-order chi connectivity index (χ1) is 19.8. The Morgan fingerprint density at radius 3 is 2.61 bits per heavy atom. The van der Waals surface area contributed by atoms with Crippen LogP contribution >= 0.6 is 0 Å². The number of rotatable bonds is 12. The number of nitrogens with zero attached hydrogens (tertiary/aromatic N) is 3. The Balaban J connectivity index is 1.54. The lowest BCUT2D eigenvalue weighted by Gasteiger charge is -2.41. The second kappa shape index (κ2) is 13.6. The van der Waals surface area contributed by atoms with Gasteiger partial charge in [0.25, 0.3) is 5.91 Å². The molecule has 5 N–H and O–H groups in total. The Hall–Kier alpha value is -4.02. The van der Waals surface area contributed by atoms with Crippen LogP contribution in [0.1, 0.15) is 64.7 Å². The lowest BCUT2D eigenvalue weighted by atomic mass is 9.91. The molecule has 1 saturated carbocycles. The van der Waals surface area contributed by atoms with E-state index in [1.54, 1.807) is 11.0 Å². The van der Waals surface area contributed by atoms with Crippen molar-refractivity contribution in [2.45, 2.75) is 88.4 Å². The molecular formula is C30H41N7O4. The number of pyridine rings is 1. The number of amides is 2. The topological polar surface area (TPSA) is 162 Å². The number of fused-ring (bicyclic) bond motifs is 1. The summed E-state index contributed by atoms with van der Waals surface area (Å²) in [7, 11) is 0. The van der Waals surface area contributed by atoms with Crippen LogP contribution in [0.2, 0.25) is 0 Å². The highest BCUT2D eigenvalue weighted by Crippen LogP contribution is 2.30. The summed E-state index contributed by atoms with van der Waals surface area (Å²) in [6.45, 7) is 2.28. The average molecular weight is 564 g/mol. The molecule has 0 radical (unpaired) electrons. The van der Waals surface area contributed by atoms with Crippen LogP contribution in [0.5, 0.6) is 0 Å². The average Bonchev–Trinajstić information content (AvgIpc) is 3.48. The maximum absolute atomic E-state index is 14.2. The van der Waals surface area contributed by atoms with Crippen LogP contribution in [0.25, 0.3) is 10.9 Å². The van der Waals surface area contributed by atoms with E-state index in [-0.39, 0.29) is 17.9 Å². The summed E-state index contributed by atoms with van der Waals surface area (Å²) in [6.07, 6.45) is 8.13. The predicted octanol–water partition coefficient (Wildman–Crippen LogP) is 2.59. The van der Waals surface area contributed by atoms with Gasteiger partial charge in [-0.25, -0.2) is 4.98 Å². The van der Waals surface area contributed by atoms with E-state index in [0.717, 1.165) is 49.3 Å². The molecule has 11 heteroatoms. The number of likely N-dealkylation sites (tertiary alicyclic amines) is 1. The van der Waals surface area contributed by atoms with Gasteiger partial charge in [-0.15, -0.1) is 0 Å². The first-order valence-electron chi connectivity index (χ1n) is 14.5. The minimum Gasteiger partial charge on any atom is -0.370 e. The molecule has 3 atom stereocenters. The summed E-state index contributed by atoms with van der Waals surface area (Å²) in [6, 6.07) is 9.69. The highest BCUT2D eigenvalue weighted by Gasteiger charge is 2.46. The van der Waals surface area contributed by atoms with Crippen LogP contribution < -0.4 is 16.4 Å². The number of nitrogens with one attached hydrogen (secondary N) is 3. The number of guanidine groups is 1. The number of hydrogen-bond acceptors (Lipinski definition) is 7. The fourth-order valence-corrected chi connectivity index (χ4v) is 6.05. The van der Waals surface area contributed by atoms with E-state index in [9.17, 15) is 19.2 Å². The fraction of sp³-hybridized carbons (Fsp3) is 0.533. The van der Waals surface area contributed by atoms with E-state index >= 15 is 0 Å². The third-order valence-electron chi connectivity index (χ3n) is 8.19. The van der Waals surface area contributed by atoms with Gasteiger partial charge < -0.3 is 35.8 Å². The molecule has 0 unspecified atom stereocenters. The maximum atomic E-state index is 14.2. The van der Waals surface area contributed by atoms with Crippen molar-refractivity contribution in [1.29, 1.82) is 5.41 Å². The Morgan fingerprint density at radius 2 is 1.90 bits per heavy atom. The Labute approximate surface area is 240 Å². The van der Waals surface area contributed by atoms with Gasteiger partial charge in [-0.1, -0.05) is 37.5 Å². The number of nitrogens with two attached hydrogens (primary N) is 1. The SMILES string of the molecule is C[C@](C=O)(Nc1ccc2ccccc2n1)C(=O)N1CCC[C@H]1C(=O)N(C1CCCCC1)[C@H](C=O)CCCNC(=N)N. The molecule has 2 aliphatic rings. The van der Waals surface area contributed by atoms with Crippen molar-refractivity contribution in [2.75, 3.05) is 18.4 Å². The van der Waals surface area contributed by atoms with E-state index in [1.165, 1.54) is 11.8 Å². The van der Waals surface area contributed by atoms with Gasteiger partial charge in [0.1, 0.15) is 18.1 Å². The van der Waals surface area contributed by atoms with Crippen molar-refractivity contribution >= 4 is 47.1 Å². The molecule has 1 aliphatic carbocycles. The highest BCUT2D eigenvalue weighted by atomic mass is 16.2. The van der Waals surface area contributed by atoms with E-state index in [4.69, 9.17) is 11.1 Å². The number of hydrogen-bond donors (Lipinski definition) is 4. The third-order valence-corrected chi connectivity index (χ3v) is 8.19. The quantitative estimate of drug-likeness (QED) is 0.101. The van der Waals surface area contributed by atoms with Gasteiger partial charge in [-0.05, 0) is 63.6 Å². The molecule has 1 aliphatic heterocycles. The van der Waals surface area contributed by atoms with Gasteiger partial charge in [0.05, 0.1) is 11.6 Å². The van der Waals surface area contributed by atoms with Gasteiger partial charge in [0, 0.05) is 24.5 Å². The lowest BCUT2D eigenvalue weighted by molar-refractivity contribution is -0.151. The number of benzene rings is 1. The Bertz CT molecular complexity index is 1260. The van der Waals surface area contributed by atoms with Crippen molar-refractivity contribution in [3.8, 4) is 0 Å². The number of carbonyl (C=O) groups excluding carboxylic acids is 4. The van der Waals surface area contributed by atoms with E-state index in [1.807, 2.05) is 30.3 Å². The Kier molecular flexibility index (Phi) is 9.91. The monoisotopic (exact) mass is 563 g/mol. The van der Waals surface area contributed by atoms with Crippen molar-refractivity contribution < 1.29 is 19.2 Å². The molecule has 220 valence electrons. The first-order valence-corrected chi connectivity index (χ1v) is 14.5. The Morgan fingerprint density at radius 1 is 1.15 bits per heavy atom. The summed E-state index contributed by atoms with van der Waals surface area (Å²) in [4.78, 5) is 60.6. The number of para-hydroxylation sites is 1. The molecule has 2 fully saturated rings. The lowest BCUT2D eigenvalue weighted by Crippen LogP contribution is -2.60. The molecule has 2 amide bonds. The minimum absolute atomic E-state index is 0.0813.